The summed E-state index contributed by atoms with van der Waals surface area (Å²) in [6, 6.07) is 4.56. The Morgan fingerprint density at radius 2 is 1.76 bits per heavy atom. The molecule has 0 radical (unpaired) electrons. The Hall–Kier alpha value is -1.28. The minimum absolute atomic E-state index is 0.329. The quantitative estimate of drug-likeness (QED) is 0.874. The molecule has 2 rings (SSSR count). The first-order valence-electron chi connectivity index (χ1n) is 6.50. The summed E-state index contributed by atoms with van der Waals surface area (Å²) in [4.78, 5) is -0.763. The third-order valence-corrected chi connectivity index (χ3v) is 5.30. The van der Waals surface area contributed by atoms with Crippen LogP contribution in [-0.4, -0.2) is 26.0 Å². The van der Waals surface area contributed by atoms with E-state index in [1.165, 1.54) is 12.1 Å². The van der Waals surface area contributed by atoms with Crippen molar-refractivity contribution in [2.24, 2.45) is 11.7 Å². The molecule has 1 aliphatic carbocycles. The number of sulfone groups is 1. The van der Waals surface area contributed by atoms with E-state index in [-0.39, 0.29) is 5.54 Å². The second-order valence-corrected chi connectivity index (χ2v) is 7.44. The number of halogens is 3. The van der Waals surface area contributed by atoms with Gasteiger partial charge in [-0.05, 0) is 49.9 Å². The normalized spacial score (nSPS) is 19.1. The van der Waals surface area contributed by atoms with Gasteiger partial charge in [0.25, 0.3) is 9.84 Å². The van der Waals surface area contributed by atoms with Crippen molar-refractivity contribution in [1.82, 2.24) is 0 Å². The van der Waals surface area contributed by atoms with Crippen molar-refractivity contribution in [3.63, 3.8) is 0 Å². The number of benzene rings is 1. The van der Waals surface area contributed by atoms with Crippen molar-refractivity contribution < 1.29 is 21.6 Å². The number of nitrogens with one attached hydrogen (secondary N) is 1. The summed E-state index contributed by atoms with van der Waals surface area (Å²) in [6.07, 6.45) is 2.11. The molecule has 1 atom stereocenters. The lowest BCUT2D eigenvalue weighted by molar-refractivity contribution is -0.0436. The van der Waals surface area contributed by atoms with Crippen molar-refractivity contribution in [3.05, 3.63) is 24.3 Å². The lowest BCUT2D eigenvalue weighted by Gasteiger charge is -2.30. The molecule has 8 heteroatoms. The van der Waals surface area contributed by atoms with Crippen LogP contribution in [-0.2, 0) is 9.84 Å². The number of anilines is 1. The maximum Gasteiger partial charge on any atom is 0.501 e. The van der Waals surface area contributed by atoms with Gasteiger partial charge < -0.3 is 11.1 Å². The van der Waals surface area contributed by atoms with Crippen LogP contribution in [0.5, 0.6) is 0 Å². The van der Waals surface area contributed by atoms with E-state index >= 15 is 0 Å². The van der Waals surface area contributed by atoms with E-state index in [0.717, 1.165) is 25.0 Å². The highest BCUT2D eigenvalue weighted by molar-refractivity contribution is 7.92. The molecule has 0 aliphatic heterocycles. The summed E-state index contributed by atoms with van der Waals surface area (Å²) in [7, 11) is -5.30. The largest absolute Gasteiger partial charge is 0.501 e. The third-order valence-electron chi connectivity index (χ3n) is 3.80. The molecule has 1 aromatic rings. The molecule has 0 spiro atoms. The fraction of sp³-hybridized carbons (Fsp3) is 0.538. The Bertz CT molecular complexity index is 609. The fourth-order valence-corrected chi connectivity index (χ4v) is 2.98. The fourth-order valence-electron chi connectivity index (χ4n) is 2.22. The van der Waals surface area contributed by atoms with Crippen molar-refractivity contribution in [3.8, 4) is 0 Å². The van der Waals surface area contributed by atoms with E-state index < -0.39 is 20.2 Å². The van der Waals surface area contributed by atoms with Gasteiger partial charge in [0.2, 0.25) is 0 Å². The predicted molar refractivity (Wildman–Crippen MR) is 73.5 cm³/mol. The first-order valence-corrected chi connectivity index (χ1v) is 7.98. The van der Waals surface area contributed by atoms with Crippen LogP contribution in [0.4, 0.5) is 18.9 Å². The molecule has 118 valence electrons. The summed E-state index contributed by atoms with van der Waals surface area (Å²) in [6.45, 7) is 2.34. The molecule has 3 N–H and O–H groups in total. The highest BCUT2D eigenvalue weighted by Gasteiger charge is 2.47. The zero-order valence-corrected chi connectivity index (χ0v) is 12.3. The second-order valence-electron chi connectivity index (χ2n) is 5.49. The van der Waals surface area contributed by atoms with E-state index in [2.05, 4.69) is 5.32 Å². The molecular formula is C13H17F3N2O2S. The molecule has 0 aromatic heterocycles. The summed E-state index contributed by atoms with van der Waals surface area (Å²) in [5, 5.41) is 3.18. The molecule has 21 heavy (non-hydrogen) atoms. The zero-order valence-electron chi connectivity index (χ0n) is 11.4. The molecule has 0 amide bonds. The molecule has 0 saturated heterocycles. The zero-order chi connectivity index (χ0) is 15.9. The number of hydrogen-bond donors (Lipinski definition) is 2. The van der Waals surface area contributed by atoms with Crippen LogP contribution in [0, 0.1) is 5.92 Å². The highest BCUT2D eigenvalue weighted by Crippen LogP contribution is 2.41. The average molecular weight is 322 g/mol. The Morgan fingerprint density at radius 3 is 2.14 bits per heavy atom. The average Bonchev–Trinajstić information content (AvgIpc) is 3.22. The van der Waals surface area contributed by atoms with Gasteiger partial charge >= 0.3 is 5.51 Å². The second kappa shape index (κ2) is 5.17. The Balaban J connectivity index is 2.20. The van der Waals surface area contributed by atoms with Gasteiger partial charge in [-0.15, -0.1) is 0 Å². The summed E-state index contributed by atoms with van der Waals surface area (Å²) >= 11 is 0. The van der Waals surface area contributed by atoms with Gasteiger partial charge in [0.15, 0.2) is 0 Å². The smallest absolute Gasteiger partial charge is 0.378 e. The Kier molecular flexibility index (Phi) is 3.96. The Morgan fingerprint density at radius 1 is 1.24 bits per heavy atom. The number of hydrogen-bond acceptors (Lipinski definition) is 4. The van der Waals surface area contributed by atoms with Crippen LogP contribution in [0.2, 0.25) is 0 Å². The van der Waals surface area contributed by atoms with Crippen LogP contribution in [0.1, 0.15) is 19.8 Å². The molecule has 4 nitrogen and oxygen atoms in total. The van der Waals surface area contributed by atoms with Crippen LogP contribution in [0.15, 0.2) is 29.2 Å². The third kappa shape index (κ3) is 3.16. The van der Waals surface area contributed by atoms with Crippen molar-refractivity contribution in [1.29, 1.82) is 0 Å². The first-order chi connectivity index (χ1) is 9.60. The summed E-state index contributed by atoms with van der Waals surface area (Å²) in [5.74, 6) is 0.432. The van der Waals surface area contributed by atoms with Gasteiger partial charge in [-0.1, -0.05) is 0 Å². The predicted octanol–water partition coefficient (Wildman–Crippen LogP) is 2.52. The van der Waals surface area contributed by atoms with Gasteiger partial charge in [0, 0.05) is 17.8 Å². The molecular weight excluding hydrogens is 305 g/mol. The number of alkyl halides is 3. The molecule has 1 aromatic carbocycles. The van der Waals surface area contributed by atoms with Crippen LogP contribution in [0.3, 0.4) is 0 Å². The van der Waals surface area contributed by atoms with Gasteiger partial charge in [-0.2, -0.15) is 13.2 Å². The number of rotatable bonds is 5. The van der Waals surface area contributed by atoms with Crippen LogP contribution >= 0.6 is 0 Å². The Labute approximate surface area is 121 Å². The molecule has 1 unspecified atom stereocenters. The van der Waals surface area contributed by atoms with Gasteiger partial charge in [-0.25, -0.2) is 8.42 Å². The first kappa shape index (κ1) is 16.1. The lowest BCUT2D eigenvalue weighted by Crippen LogP contribution is -2.44. The standard InChI is InChI=1S/C13H17F3N2O2S/c1-12(8-17,9-2-3-9)18-10-4-6-11(7-5-10)21(19,20)13(14,15)16/h4-7,9,18H,2-3,8,17H2,1H3. The van der Waals surface area contributed by atoms with E-state index in [9.17, 15) is 21.6 Å². The lowest BCUT2D eigenvalue weighted by atomic mass is 9.95. The minimum atomic E-state index is -5.30. The molecule has 0 bridgehead atoms. The number of nitrogens with two attached hydrogens (primary N) is 1. The van der Waals surface area contributed by atoms with Gasteiger partial charge in [0.05, 0.1) is 4.90 Å². The highest BCUT2D eigenvalue weighted by atomic mass is 32.2. The maximum atomic E-state index is 12.4. The molecule has 0 heterocycles. The van der Waals surface area contributed by atoms with Gasteiger partial charge in [0.1, 0.15) is 0 Å². The SMILES string of the molecule is CC(CN)(Nc1ccc(S(=O)(=O)C(F)(F)F)cc1)C1CC1. The molecule has 1 aliphatic rings. The van der Waals surface area contributed by atoms with Crippen molar-refractivity contribution in [2.75, 3.05) is 11.9 Å². The van der Waals surface area contributed by atoms with Crippen molar-refractivity contribution in [2.45, 2.75) is 35.7 Å². The van der Waals surface area contributed by atoms with Crippen molar-refractivity contribution >= 4 is 15.5 Å². The van der Waals surface area contributed by atoms with E-state index in [4.69, 9.17) is 5.73 Å². The van der Waals surface area contributed by atoms with Crippen LogP contribution < -0.4 is 11.1 Å². The molecule has 1 fully saturated rings. The summed E-state index contributed by atoms with van der Waals surface area (Å²) < 4.78 is 59.8. The van der Waals surface area contributed by atoms with E-state index in [1.807, 2.05) is 6.92 Å². The van der Waals surface area contributed by atoms with E-state index in [1.54, 1.807) is 0 Å². The van der Waals surface area contributed by atoms with E-state index in [0.29, 0.717) is 18.2 Å². The van der Waals surface area contributed by atoms with Crippen LogP contribution in [0.25, 0.3) is 0 Å². The summed E-state index contributed by atoms with van der Waals surface area (Å²) in [5.41, 5.74) is 0.678. The molecule has 1 saturated carbocycles. The topological polar surface area (TPSA) is 72.2 Å². The van der Waals surface area contributed by atoms with Gasteiger partial charge in [-0.3, -0.25) is 0 Å². The monoisotopic (exact) mass is 322 g/mol. The minimum Gasteiger partial charge on any atom is -0.378 e. The maximum absolute atomic E-state index is 12.4.